The number of rotatable bonds is 4. The van der Waals surface area contributed by atoms with Gasteiger partial charge in [0.2, 0.25) is 10.0 Å². The van der Waals surface area contributed by atoms with E-state index in [9.17, 15) is 13.2 Å². The molecule has 6 nitrogen and oxygen atoms in total. The molecule has 2 rings (SSSR count). The van der Waals surface area contributed by atoms with E-state index in [4.69, 9.17) is 4.74 Å². The fourth-order valence-electron chi connectivity index (χ4n) is 2.51. The van der Waals surface area contributed by atoms with E-state index in [0.717, 1.165) is 24.2 Å². The Morgan fingerprint density at radius 3 is 2.77 bits per heavy atom. The largest absolute Gasteiger partial charge is 0.465 e. The second-order valence-corrected chi connectivity index (χ2v) is 7.81. The van der Waals surface area contributed by atoms with Crippen molar-refractivity contribution < 1.29 is 17.9 Å². The third-order valence-corrected chi connectivity index (χ3v) is 6.94. The molecule has 0 saturated carbocycles. The van der Waals surface area contributed by atoms with Gasteiger partial charge in [0.1, 0.15) is 9.77 Å². The highest BCUT2D eigenvalue weighted by Gasteiger charge is 2.35. The maximum atomic E-state index is 12.9. The van der Waals surface area contributed by atoms with Crippen LogP contribution in [0.4, 0.5) is 0 Å². The molecule has 0 aliphatic carbocycles. The minimum absolute atomic E-state index is 0. The van der Waals surface area contributed by atoms with E-state index >= 15 is 0 Å². The van der Waals surface area contributed by atoms with Crippen LogP contribution in [0.2, 0.25) is 0 Å². The molecule has 126 valence electrons. The Kier molecular flexibility index (Phi) is 6.82. The monoisotopic (exact) mass is 368 g/mol. The predicted octanol–water partition coefficient (Wildman–Crippen LogP) is 1.64. The van der Waals surface area contributed by atoms with Crippen LogP contribution in [0.25, 0.3) is 0 Å². The van der Waals surface area contributed by atoms with Crippen molar-refractivity contribution in [2.24, 2.45) is 0 Å². The molecule has 2 heterocycles. The molecule has 1 aromatic heterocycles. The van der Waals surface area contributed by atoms with Gasteiger partial charge in [0, 0.05) is 19.1 Å². The van der Waals surface area contributed by atoms with Gasteiger partial charge in [-0.3, -0.25) is 0 Å². The van der Waals surface area contributed by atoms with Crippen LogP contribution in [0.1, 0.15) is 28.1 Å². The number of sulfonamides is 1. The van der Waals surface area contributed by atoms with Gasteiger partial charge in [0.25, 0.3) is 0 Å². The third-order valence-electron chi connectivity index (χ3n) is 3.68. The molecule has 1 aliphatic rings. The molecule has 1 N–H and O–H groups in total. The molecule has 1 saturated heterocycles. The SMILES string of the molecule is CNC1CCCN(S(=O)(=O)c2c(C)csc2C(=O)OC)C1.Cl. The highest BCUT2D eigenvalue weighted by molar-refractivity contribution is 7.89. The zero-order valence-corrected chi connectivity index (χ0v) is 15.2. The Balaban J connectivity index is 0.00000242. The molecule has 1 unspecified atom stereocenters. The van der Waals surface area contributed by atoms with Crippen LogP contribution in [-0.4, -0.2) is 52.0 Å². The molecule has 1 aromatic rings. The topological polar surface area (TPSA) is 75.7 Å². The van der Waals surface area contributed by atoms with Crippen molar-refractivity contribution in [2.45, 2.75) is 30.7 Å². The standard InChI is InChI=1S/C13H20N2O4S2.ClH/c1-9-8-20-11(13(16)19-3)12(9)21(17,18)15-6-4-5-10(7-15)14-2;/h8,10,14H,4-7H2,1-3H3;1H. The van der Waals surface area contributed by atoms with E-state index in [0.29, 0.717) is 18.7 Å². The number of nitrogens with zero attached hydrogens (tertiary/aromatic N) is 1. The van der Waals surface area contributed by atoms with Gasteiger partial charge >= 0.3 is 5.97 Å². The van der Waals surface area contributed by atoms with Crippen LogP contribution >= 0.6 is 23.7 Å². The Hall–Kier alpha value is -0.670. The van der Waals surface area contributed by atoms with E-state index in [1.807, 2.05) is 7.05 Å². The molecule has 0 amide bonds. The molecule has 9 heteroatoms. The van der Waals surface area contributed by atoms with Crippen molar-refractivity contribution in [1.82, 2.24) is 9.62 Å². The Morgan fingerprint density at radius 1 is 1.50 bits per heavy atom. The molecule has 1 aliphatic heterocycles. The lowest BCUT2D eigenvalue weighted by Crippen LogP contribution is -2.47. The van der Waals surface area contributed by atoms with E-state index in [1.54, 1.807) is 12.3 Å². The van der Waals surface area contributed by atoms with Gasteiger partial charge in [0.15, 0.2) is 0 Å². The average molecular weight is 369 g/mol. The van der Waals surface area contributed by atoms with Gasteiger partial charge < -0.3 is 10.1 Å². The zero-order chi connectivity index (χ0) is 15.6. The number of aryl methyl sites for hydroxylation is 1. The number of thiophene rings is 1. The molecule has 22 heavy (non-hydrogen) atoms. The molecule has 0 radical (unpaired) electrons. The average Bonchev–Trinajstić information content (AvgIpc) is 2.89. The minimum Gasteiger partial charge on any atom is -0.465 e. The lowest BCUT2D eigenvalue weighted by atomic mass is 10.1. The first-order valence-electron chi connectivity index (χ1n) is 6.75. The maximum absolute atomic E-state index is 12.9. The van der Waals surface area contributed by atoms with Crippen molar-refractivity contribution in [3.63, 3.8) is 0 Å². The number of hydrogen-bond donors (Lipinski definition) is 1. The minimum atomic E-state index is -3.68. The number of nitrogens with one attached hydrogen (secondary N) is 1. The van der Waals surface area contributed by atoms with Crippen LogP contribution in [0.3, 0.4) is 0 Å². The number of ether oxygens (including phenoxy) is 1. The van der Waals surface area contributed by atoms with Crippen molar-refractivity contribution in [2.75, 3.05) is 27.2 Å². The van der Waals surface area contributed by atoms with Gasteiger partial charge in [-0.2, -0.15) is 4.31 Å². The number of carbonyl (C=O) groups is 1. The van der Waals surface area contributed by atoms with Crippen LogP contribution in [-0.2, 0) is 14.8 Å². The molecule has 1 fully saturated rings. The summed E-state index contributed by atoms with van der Waals surface area (Å²) in [5.74, 6) is -0.603. The van der Waals surface area contributed by atoms with Gasteiger partial charge in [-0.05, 0) is 37.8 Å². The number of piperidine rings is 1. The van der Waals surface area contributed by atoms with Crippen molar-refractivity contribution >= 4 is 39.7 Å². The summed E-state index contributed by atoms with van der Waals surface area (Å²) in [5, 5.41) is 4.80. The molecule has 0 bridgehead atoms. The van der Waals surface area contributed by atoms with Crippen molar-refractivity contribution in [3.8, 4) is 0 Å². The lowest BCUT2D eigenvalue weighted by Gasteiger charge is -2.31. The number of methoxy groups -OCH3 is 1. The van der Waals surface area contributed by atoms with E-state index < -0.39 is 16.0 Å². The first-order valence-corrected chi connectivity index (χ1v) is 9.07. The van der Waals surface area contributed by atoms with Crippen molar-refractivity contribution in [1.29, 1.82) is 0 Å². The Bertz CT molecular complexity index is 630. The number of hydrogen-bond acceptors (Lipinski definition) is 6. The first-order chi connectivity index (χ1) is 9.91. The third kappa shape index (κ3) is 3.62. The van der Waals surface area contributed by atoms with Gasteiger partial charge in [-0.15, -0.1) is 23.7 Å². The maximum Gasteiger partial charge on any atom is 0.349 e. The smallest absolute Gasteiger partial charge is 0.349 e. The summed E-state index contributed by atoms with van der Waals surface area (Å²) in [6, 6.07) is 0.147. The predicted molar refractivity (Wildman–Crippen MR) is 88.5 cm³/mol. The quantitative estimate of drug-likeness (QED) is 0.817. The zero-order valence-electron chi connectivity index (χ0n) is 12.8. The summed E-state index contributed by atoms with van der Waals surface area (Å²) in [7, 11) is -0.590. The molecule has 1 atom stereocenters. The van der Waals surface area contributed by atoms with E-state index in [-0.39, 0.29) is 28.2 Å². The fourth-order valence-corrected chi connectivity index (χ4v) is 5.70. The highest BCUT2D eigenvalue weighted by atomic mass is 35.5. The summed E-state index contributed by atoms with van der Waals surface area (Å²) in [6.07, 6.45) is 1.76. The summed E-state index contributed by atoms with van der Waals surface area (Å²) < 4.78 is 31.9. The van der Waals surface area contributed by atoms with Gasteiger partial charge in [-0.1, -0.05) is 0 Å². The van der Waals surface area contributed by atoms with Crippen LogP contribution in [0.5, 0.6) is 0 Å². The lowest BCUT2D eigenvalue weighted by molar-refractivity contribution is 0.0602. The fraction of sp³-hybridized carbons (Fsp3) is 0.615. The number of carbonyl (C=O) groups excluding carboxylic acids is 1. The van der Waals surface area contributed by atoms with Gasteiger partial charge in [0.05, 0.1) is 7.11 Å². The second kappa shape index (κ2) is 7.74. The number of esters is 1. The Morgan fingerprint density at radius 2 is 2.18 bits per heavy atom. The first kappa shape index (κ1) is 19.4. The summed E-state index contributed by atoms with van der Waals surface area (Å²) >= 11 is 1.11. The molecule has 0 aromatic carbocycles. The molecular formula is C13H21ClN2O4S2. The summed E-state index contributed by atoms with van der Waals surface area (Å²) in [6.45, 7) is 2.61. The number of likely N-dealkylation sites (N-methyl/N-ethyl adjacent to an activating group) is 1. The number of halogens is 1. The van der Waals surface area contributed by atoms with Crippen LogP contribution in [0.15, 0.2) is 10.3 Å². The second-order valence-electron chi connectivity index (χ2n) is 5.06. The highest BCUT2D eigenvalue weighted by Crippen LogP contribution is 2.31. The normalized spacial score (nSPS) is 19.5. The van der Waals surface area contributed by atoms with Gasteiger partial charge in [-0.25, -0.2) is 13.2 Å². The van der Waals surface area contributed by atoms with Crippen LogP contribution < -0.4 is 5.32 Å². The van der Waals surface area contributed by atoms with Crippen molar-refractivity contribution in [3.05, 3.63) is 15.8 Å². The molecular weight excluding hydrogens is 348 g/mol. The molecule has 0 spiro atoms. The summed E-state index contributed by atoms with van der Waals surface area (Å²) in [5.41, 5.74) is 0.590. The van der Waals surface area contributed by atoms with E-state index in [1.165, 1.54) is 11.4 Å². The van der Waals surface area contributed by atoms with E-state index in [2.05, 4.69) is 5.32 Å². The Labute approximate surface area is 141 Å². The summed E-state index contributed by atoms with van der Waals surface area (Å²) in [4.78, 5) is 12.0. The van der Waals surface area contributed by atoms with Crippen LogP contribution in [0, 0.1) is 6.92 Å².